The zero-order valence-corrected chi connectivity index (χ0v) is 12.7. The second kappa shape index (κ2) is 6.58. The van der Waals surface area contributed by atoms with Gasteiger partial charge in [-0.25, -0.2) is 0 Å². The summed E-state index contributed by atoms with van der Waals surface area (Å²) in [5.74, 6) is 0.966. The summed E-state index contributed by atoms with van der Waals surface area (Å²) in [5.41, 5.74) is 0. The molecular weight excluding hydrogens is 232 g/mol. The van der Waals surface area contributed by atoms with Crippen LogP contribution in [0, 0.1) is 5.92 Å². The summed E-state index contributed by atoms with van der Waals surface area (Å²) < 4.78 is 0. The maximum absolute atomic E-state index is 4.00. The van der Waals surface area contributed by atoms with Gasteiger partial charge in [0, 0.05) is 31.2 Å². The molecule has 2 atom stereocenters. The Morgan fingerprint density at radius 3 is 2.47 bits per heavy atom. The van der Waals surface area contributed by atoms with Crippen LogP contribution in [0.25, 0.3) is 0 Å². The molecule has 110 valence electrons. The van der Waals surface area contributed by atoms with Crippen molar-refractivity contribution in [2.75, 3.05) is 13.1 Å². The standard InChI is InChI=1S/C17H32N2/c1-2-3-6-14-11-16(18-15-7-4-5-8-15)13-19(12-14)17-9-10-17/h14-18H,2-13H2,1H3. The van der Waals surface area contributed by atoms with Gasteiger partial charge in [0.2, 0.25) is 0 Å². The Morgan fingerprint density at radius 1 is 1.00 bits per heavy atom. The van der Waals surface area contributed by atoms with Gasteiger partial charge < -0.3 is 5.32 Å². The first kappa shape index (κ1) is 13.9. The number of nitrogens with one attached hydrogen (secondary N) is 1. The summed E-state index contributed by atoms with van der Waals surface area (Å²) in [6.07, 6.45) is 14.4. The maximum Gasteiger partial charge on any atom is 0.0200 e. The highest BCUT2D eigenvalue weighted by atomic mass is 15.2. The second-order valence-electron chi connectivity index (χ2n) is 7.27. The van der Waals surface area contributed by atoms with Crippen LogP contribution in [0.1, 0.15) is 71.1 Å². The van der Waals surface area contributed by atoms with E-state index in [1.165, 1.54) is 77.3 Å². The summed E-state index contributed by atoms with van der Waals surface area (Å²) in [4.78, 5) is 2.82. The Kier molecular flexibility index (Phi) is 4.81. The molecule has 1 heterocycles. The van der Waals surface area contributed by atoms with E-state index in [4.69, 9.17) is 0 Å². The lowest BCUT2D eigenvalue weighted by Crippen LogP contribution is -2.52. The van der Waals surface area contributed by atoms with Crippen LogP contribution in [0.4, 0.5) is 0 Å². The first-order valence-electron chi connectivity index (χ1n) is 8.85. The van der Waals surface area contributed by atoms with Crippen molar-refractivity contribution in [3.8, 4) is 0 Å². The SMILES string of the molecule is CCCCC1CC(NC2CCCC2)CN(C2CC2)C1. The number of nitrogens with zero attached hydrogens (tertiary/aromatic N) is 1. The summed E-state index contributed by atoms with van der Waals surface area (Å²) in [6, 6.07) is 2.59. The molecular formula is C17H32N2. The molecule has 3 fully saturated rings. The van der Waals surface area contributed by atoms with Gasteiger partial charge >= 0.3 is 0 Å². The lowest BCUT2D eigenvalue weighted by atomic mass is 9.89. The van der Waals surface area contributed by atoms with Crippen LogP contribution >= 0.6 is 0 Å². The van der Waals surface area contributed by atoms with Crippen LogP contribution in [-0.4, -0.2) is 36.1 Å². The molecule has 0 amide bonds. The number of hydrogen-bond acceptors (Lipinski definition) is 2. The molecule has 3 aliphatic rings. The van der Waals surface area contributed by atoms with Crippen molar-refractivity contribution in [2.24, 2.45) is 5.92 Å². The van der Waals surface area contributed by atoms with Crippen LogP contribution in [0.5, 0.6) is 0 Å². The van der Waals surface area contributed by atoms with Crippen LogP contribution < -0.4 is 5.32 Å². The molecule has 0 aromatic carbocycles. The zero-order chi connectivity index (χ0) is 13.1. The van der Waals surface area contributed by atoms with E-state index < -0.39 is 0 Å². The van der Waals surface area contributed by atoms with Gasteiger partial charge in [0.05, 0.1) is 0 Å². The zero-order valence-electron chi connectivity index (χ0n) is 12.7. The van der Waals surface area contributed by atoms with Crippen LogP contribution in [0.15, 0.2) is 0 Å². The highest BCUT2D eigenvalue weighted by molar-refractivity contribution is 4.93. The second-order valence-corrected chi connectivity index (χ2v) is 7.27. The van der Waals surface area contributed by atoms with E-state index in [0.717, 1.165) is 24.0 Å². The molecule has 0 radical (unpaired) electrons. The monoisotopic (exact) mass is 264 g/mol. The van der Waals surface area contributed by atoms with Gasteiger partial charge in [-0.15, -0.1) is 0 Å². The molecule has 3 rings (SSSR count). The minimum Gasteiger partial charge on any atom is -0.310 e. The average Bonchev–Trinajstić information content (AvgIpc) is 3.16. The first-order valence-corrected chi connectivity index (χ1v) is 8.85. The summed E-state index contributed by atoms with van der Waals surface area (Å²) >= 11 is 0. The van der Waals surface area contributed by atoms with Crippen LogP contribution in [0.3, 0.4) is 0 Å². The van der Waals surface area contributed by atoms with Gasteiger partial charge in [0.1, 0.15) is 0 Å². The van der Waals surface area contributed by atoms with Crippen molar-refractivity contribution in [2.45, 2.75) is 89.3 Å². The van der Waals surface area contributed by atoms with Gasteiger partial charge in [-0.2, -0.15) is 0 Å². The quantitative estimate of drug-likeness (QED) is 0.789. The Hall–Kier alpha value is -0.0800. The van der Waals surface area contributed by atoms with E-state index in [1.54, 1.807) is 0 Å². The Balaban J connectivity index is 1.52. The molecule has 1 N–H and O–H groups in total. The summed E-state index contributed by atoms with van der Waals surface area (Å²) in [5, 5.41) is 4.00. The molecule has 1 saturated heterocycles. The molecule has 0 spiro atoms. The molecule has 2 aliphatic carbocycles. The largest absolute Gasteiger partial charge is 0.310 e. The van der Waals surface area contributed by atoms with Gasteiger partial charge in [0.15, 0.2) is 0 Å². The third-order valence-corrected chi connectivity index (χ3v) is 5.42. The fourth-order valence-electron chi connectivity index (χ4n) is 4.23. The third kappa shape index (κ3) is 3.95. The molecule has 2 unspecified atom stereocenters. The van der Waals surface area contributed by atoms with Crippen molar-refractivity contribution in [3.63, 3.8) is 0 Å². The van der Waals surface area contributed by atoms with E-state index in [1.807, 2.05) is 0 Å². The predicted octanol–water partition coefficient (Wildman–Crippen LogP) is 3.56. The van der Waals surface area contributed by atoms with Gasteiger partial charge in [-0.05, 0) is 44.4 Å². The Bertz CT molecular complexity index is 266. The molecule has 2 saturated carbocycles. The number of piperidine rings is 1. The number of hydrogen-bond donors (Lipinski definition) is 1. The van der Waals surface area contributed by atoms with E-state index in [0.29, 0.717) is 0 Å². The third-order valence-electron chi connectivity index (χ3n) is 5.42. The van der Waals surface area contributed by atoms with Crippen molar-refractivity contribution < 1.29 is 0 Å². The molecule has 2 nitrogen and oxygen atoms in total. The number of likely N-dealkylation sites (tertiary alicyclic amines) is 1. The topological polar surface area (TPSA) is 15.3 Å². The van der Waals surface area contributed by atoms with Gasteiger partial charge in [-0.3, -0.25) is 4.90 Å². The van der Waals surface area contributed by atoms with E-state index >= 15 is 0 Å². The van der Waals surface area contributed by atoms with Crippen molar-refractivity contribution >= 4 is 0 Å². The fourth-order valence-corrected chi connectivity index (χ4v) is 4.23. The molecule has 0 aromatic heterocycles. The fraction of sp³-hybridized carbons (Fsp3) is 1.00. The van der Waals surface area contributed by atoms with Gasteiger partial charge in [0.25, 0.3) is 0 Å². The van der Waals surface area contributed by atoms with Crippen LogP contribution in [0.2, 0.25) is 0 Å². The van der Waals surface area contributed by atoms with E-state index in [2.05, 4.69) is 17.1 Å². The van der Waals surface area contributed by atoms with Crippen molar-refractivity contribution in [1.29, 1.82) is 0 Å². The summed E-state index contributed by atoms with van der Waals surface area (Å²) in [6.45, 7) is 5.06. The first-order chi connectivity index (χ1) is 9.35. The van der Waals surface area contributed by atoms with E-state index in [9.17, 15) is 0 Å². The smallest absolute Gasteiger partial charge is 0.0200 e. The highest BCUT2D eigenvalue weighted by Crippen LogP contribution is 2.33. The predicted molar refractivity (Wildman–Crippen MR) is 81.4 cm³/mol. The lowest BCUT2D eigenvalue weighted by molar-refractivity contribution is 0.122. The molecule has 1 aliphatic heterocycles. The summed E-state index contributed by atoms with van der Waals surface area (Å²) in [7, 11) is 0. The highest BCUT2D eigenvalue weighted by Gasteiger charge is 2.36. The number of unbranched alkanes of at least 4 members (excludes halogenated alkanes) is 1. The van der Waals surface area contributed by atoms with E-state index in [-0.39, 0.29) is 0 Å². The average molecular weight is 264 g/mol. The Morgan fingerprint density at radius 2 is 1.79 bits per heavy atom. The van der Waals surface area contributed by atoms with Crippen LogP contribution in [-0.2, 0) is 0 Å². The van der Waals surface area contributed by atoms with Crippen molar-refractivity contribution in [1.82, 2.24) is 10.2 Å². The number of rotatable bonds is 6. The molecule has 2 heteroatoms. The molecule has 19 heavy (non-hydrogen) atoms. The molecule has 0 aromatic rings. The van der Waals surface area contributed by atoms with Crippen molar-refractivity contribution in [3.05, 3.63) is 0 Å². The van der Waals surface area contributed by atoms with Gasteiger partial charge in [-0.1, -0.05) is 32.6 Å². The lowest BCUT2D eigenvalue weighted by Gasteiger charge is -2.39. The maximum atomic E-state index is 4.00. The normalized spacial score (nSPS) is 33.9. The minimum absolute atomic E-state index is 0.791. The Labute approximate surface area is 119 Å². The molecule has 0 bridgehead atoms. The minimum atomic E-state index is 0.791.